The first-order chi connectivity index (χ1) is 8.67. The topological polar surface area (TPSA) is 50.7 Å². The summed E-state index contributed by atoms with van der Waals surface area (Å²) in [5.41, 5.74) is 5.38. The number of ether oxygens (including phenoxy) is 1. The Kier molecular flexibility index (Phi) is 5.91. The third-order valence-corrected chi connectivity index (χ3v) is 2.69. The summed E-state index contributed by atoms with van der Waals surface area (Å²) in [6, 6.07) is 8.23. The van der Waals surface area contributed by atoms with E-state index in [2.05, 4.69) is 34.3 Å². The molecule has 4 nitrogen and oxygen atoms in total. The molecule has 18 heavy (non-hydrogen) atoms. The fourth-order valence-electron chi connectivity index (χ4n) is 1.53. The summed E-state index contributed by atoms with van der Waals surface area (Å²) in [6.45, 7) is 4.03. The van der Waals surface area contributed by atoms with Gasteiger partial charge in [0, 0.05) is 0 Å². The average Bonchev–Trinajstić information content (AvgIpc) is 2.42. The van der Waals surface area contributed by atoms with Crippen LogP contribution >= 0.6 is 0 Å². The number of carbonyl (C=O) groups is 1. The quantitative estimate of drug-likeness (QED) is 0.643. The van der Waals surface area contributed by atoms with Crippen LogP contribution in [0.2, 0.25) is 0 Å². The normalized spacial score (nSPS) is 11.2. The Bertz CT molecular complexity index is 410. The minimum atomic E-state index is -0.561. The predicted molar refractivity (Wildman–Crippen MR) is 72.8 cm³/mol. The smallest absolute Gasteiger partial charge is 0.427 e. The van der Waals surface area contributed by atoms with Crippen molar-refractivity contribution < 1.29 is 9.53 Å². The highest BCUT2D eigenvalue weighted by molar-refractivity contribution is 5.99. The Labute approximate surface area is 108 Å². The number of carbonyl (C=O) groups excluding carboxylic acids is 1. The van der Waals surface area contributed by atoms with Gasteiger partial charge in [0.2, 0.25) is 0 Å². The molecule has 0 fully saturated rings. The van der Waals surface area contributed by atoms with Gasteiger partial charge in [0.15, 0.2) is 0 Å². The second kappa shape index (κ2) is 7.48. The lowest BCUT2D eigenvalue weighted by atomic mass is 10.0. The van der Waals surface area contributed by atoms with E-state index in [1.165, 1.54) is 25.5 Å². The largest absolute Gasteiger partial charge is 0.452 e. The summed E-state index contributed by atoms with van der Waals surface area (Å²) < 4.78 is 4.44. The van der Waals surface area contributed by atoms with E-state index in [0.717, 1.165) is 17.7 Å². The van der Waals surface area contributed by atoms with Gasteiger partial charge in [-0.3, -0.25) is 0 Å². The maximum atomic E-state index is 10.9. The Morgan fingerprint density at radius 1 is 1.33 bits per heavy atom. The van der Waals surface area contributed by atoms with Gasteiger partial charge < -0.3 is 4.74 Å². The van der Waals surface area contributed by atoms with Gasteiger partial charge in [-0.15, -0.1) is 0 Å². The van der Waals surface area contributed by atoms with Crippen molar-refractivity contribution in [3.05, 3.63) is 35.4 Å². The molecule has 4 heteroatoms. The number of benzene rings is 1. The van der Waals surface area contributed by atoms with Crippen LogP contribution in [0, 0.1) is 0 Å². The minimum absolute atomic E-state index is 0.561. The van der Waals surface area contributed by atoms with Crippen LogP contribution in [-0.4, -0.2) is 18.9 Å². The number of aryl methyl sites for hydroxylation is 1. The van der Waals surface area contributed by atoms with Crippen LogP contribution in [0.1, 0.15) is 37.8 Å². The second-order valence-electron chi connectivity index (χ2n) is 4.10. The molecule has 0 heterocycles. The van der Waals surface area contributed by atoms with E-state index in [4.69, 9.17) is 0 Å². The summed E-state index contributed by atoms with van der Waals surface area (Å²) in [4.78, 5) is 10.9. The van der Waals surface area contributed by atoms with E-state index in [9.17, 15) is 4.79 Å². The molecule has 0 atom stereocenters. The van der Waals surface area contributed by atoms with Crippen molar-refractivity contribution in [1.82, 2.24) is 5.43 Å². The highest BCUT2D eigenvalue weighted by Crippen LogP contribution is 2.08. The molecule has 0 radical (unpaired) electrons. The number of hydrazone groups is 1. The molecule has 0 unspecified atom stereocenters. The molecule has 1 aromatic carbocycles. The summed E-state index contributed by atoms with van der Waals surface area (Å²) in [6.07, 6.45) is 2.95. The molecule has 1 aromatic rings. The lowest BCUT2D eigenvalue weighted by Gasteiger charge is -2.04. The van der Waals surface area contributed by atoms with Crippen LogP contribution in [0.5, 0.6) is 0 Å². The second-order valence-corrected chi connectivity index (χ2v) is 4.10. The molecule has 0 spiro atoms. The van der Waals surface area contributed by atoms with Crippen LogP contribution in [0.25, 0.3) is 0 Å². The lowest BCUT2D eigenvalue weighted by molar-refractivity contribution is 0.171. The van der Waals surface area contributed by atoms with Crippen LogP contribution in [-0.2, 0) is 11.2 Å². The monoisotopic (exact) mass is 248 g/mol. The maximum Gasteiger partial charge on any atom is 0.427 e. The lowest BCUT2D eigenvalue weighted by Crippen LogP contribution is -2.18. The first kappa shape index (κ1) is 14.2. The van der Waals surface area contributed by atoms with E-state index < -0.39 is 6.09 Å². The van der Waals surface area contributed by atoms with Gasteiger partial charge in [-0.25, -0.2) is 10.2 Å². The van der Waals surface area contributed by atoms with Crippen molar-refractivity contribution in [1.29, 1.82) is 0 Å². The number of nitrogens with zero attached hydrogens (tertiary/aromatic N) is 1. The SMILES string of the molecule is CCCCc1ccc(/C(C)=N\NC(=O)OC)cc1. The number of rotatable bonds is 5. The number of methoxy groups -OCH3 is 1. The molecule has 1 amide bonds. The summed E-state index contributed by atoms with van der Waals surface area (Å²) in [5, 5.41) is 3.95. The van der Waals surface area contributed by atoms with Crippen molar-refractivity contribution in [3.63, 3.8) is 0 Å². The molecule has 1 rings (SSSR count). The molecule has 0 aliphatic rings. The van der Waals surface area contributed by atoms with Gasteiger partial charge in [0.25, 0.3) is 0 Å². The van der Waals surface area contributed by atoms with Crippen molar-refractivity contribution in [2.45, 2.75) is 33.1 Å². The van der Waals surface area contributed by atoms with E-state index >= 15 is 0 Å². The molecule has 0 aliphatic carbocycles. The van der Waals surface area contributed by atoms with Gasteiger partial charge in [0.05, 0.1) is 12.8 Å². The molecule has 0 bridgehead atoms. The van der Waals surface area contributed by atoms with Crippen LogP contribution < -0.4 is 5.43 Å². The van der Waals surface area contributed by atoms with Gasteiger partial charge in [0.1, 0.15) is 0 Å². The molecule has 0 saturated heterocycles. The van der Waals surface area contributed by atoms with Gasteiger partial charge in [-0.1, -0.05) is 37.6 Å². The van der Waals surface area contributed by atoms with Crippen molar-refractivity contribution in [2.24, 2.45) is 5.10 Å². The Morgan fingerprint density at radius 3 is 2.56 bits per heavy atom. The Hall–Kier alpha value is -1.84. The summed E-state index contributed by atoms with van der Waals surface area (Å²) in [5.74, 6) is 0. The van der Waals surface area contributed by atoms with Gasteiger partial charge in [-0.05, 0) is 30.9 Å². The van der Waals surface area contributed by atoms with Crippen LogP contribution in [0.4, 0.5) is 4.79 Å². The summed E-state index contributed by atoms with van der Waals surface area (Å²) in [7, 11) is 1.31. The summed E-state index contributed by atoms with van der Waals surface area (Å²) >= 11 is 0. The van der Waals surface area contributed by atoms with E-state index in [1.807, 2.05) is 19.1 Å². The predicted octanol–water partition coefficient (Wildman–Crippen LogP) is 3.11. The number of unbranched alkanes of at least 4 members (excludes halogenated alkanes) is 1. The third kappa shape index (κ3) is 4.57. The van der Waals surface area contributed by atoms with Crippen LogP contribution in [0.15, 0.2) is 29.4 Å². The number of nitrogens with one attached hydrogen (secondary N) is 1. The average molecular weight is 248 g/mol. The zero-order valence-electron chi connectivity index (χ0n) is 11.2. The standard InChI is InChI=1S/C14H20N2O2/c1-4-5-6-12-7-9-13(10-8-12)11(2)15-16-14(17)18-3/h7-10H,4-6H2,1-3H3,(H,16,17)/b15-11-. The maximum absolute atomic E-state index is 10.9. The highest BCUT2D eigenvalue weighted by atomic mass is 16.5. The van der Waals surface area contributed by atoms with Crippen molar-refractivity contribution in [3.8, 4) is 0 Å². The number of amides is 1. The van der Waals surface area contributed by atoms with Crippen LogP contribution in [0.3, 0.4) is 0 Å². The Balaban J connectivity index is 2.63. The first-order valence-electron chi connectivity index (χ1n) is 6.15. The van der Waals surface area contributed by atoms with Gasteiger partial charge >= 0.3 is 6.09 Å². The molecular formula is C14H20N2O2. The fraction of sp³-hybridized carbons (Fsp3) is 0.429. The molecule has 0 aromatic heterocycles. The van der Waals surface area contributed by atoms with Gasteiger partial charge in [-0.2, -0.15) is 5.10 Å². The molecule has 0 aliphatic heterocycles. The highest BCUT2D eigenvalue weighted by Gasteiger charge is 2.00. The van der Waals surface area contributed by atoms with E-state index in [1.54, 1.807) is 0 Å². The fourth-order valence-corrected chi connectivity index (χ4v) is 1.53. The zero-order valence-corrected chi connectivity index (χ0v) is 11.2. The third-order valence-electron chi connectivity index (χ3n) is 2.69. The van der Waals surface area contributed by atoms with E-state index in [-0.39, 0.29) is 0 Å². The molecule has 98 valence electrons. The first-order valence-corrected chi connectivity index (χ1v) is 6.15. The minimum Gasteiger partial charge on any atom is -0.452 e. The number of hydrogen-bond donors (Lipinski definition) is 1. The van der Waals surface area contributed by atoms with Crippen molar-refractivity contribution in [2.75, 3.05) is 7.11 Å². The Morgan fingerprint density at radius 2 is 2.00 bits per heavy atom. The van der Waals surface area contributed by atoms with Crippen molar-refractivity contribution >= 4 is 11.8 Å². The zero-order chi connectivity index (χ0) is 13.4. The molecular weight excluding hydrogens is 228 g/mol. The van der Waals surface area contributed by atoms with E-state index in [0.29, 0.717) is 0 Å². The number of hydrogen-bond acceptors (Lipinski definition) is 3. The molecule has 1 N–H and O–H groups in total. The molecule has 0 saturated carbocycles.